The van der Waals surface area contributed by atoms with Crippen molar-refractivity contribution in [1.82, 2.24) is 19.8 Å². The van der Waals surface area contributed by atoms with Crippen molar-refractivity contribution in [1.29, 1.82) is 0 Å². The van der Waals surface area contributed by atoms with Crippen LogP contribution in [0.2, 0.25) is 0 Å². The molecule has 0 saturated carbocycles. The number of fused-ring (bicyclic) bond motifs is 2. The maximum atomic E-state index is 13.7. The molecule has 2 aromatic heterocycles. The zero-order chi connectivity index (χ0) is 37.7. The number of anilines is 1. The number of oxime groups is 1. The number of carbonyl (C=O) groups is 4. The topological polar surface area (TPSA) is 253 Å². The number of carboxylic acids is 2. The van der Waals surface area contributed by atoms with Crippen LogP contribution < -0.4 is 56.2 Å². The summed E-state index contributed by atoms with van der Waals surface area (Å²) in [4.78, 5) is 75.0. The van der Waals surface area contributed by atoms with Crippen molar-refractivity contribution < 1.29 is 78.5 Å². The van der Waals surface area contributed by atoms with Gasteiger partial charge in [-0.05, 0) is 26.8 Å². The Bertz CT molecular complexity index is 2130. The first-order valence-electron chi connectivity index (χ1n) is 16.4. The van der Waals surface area contributed by atoms with Gasteiger partial charge in [-0.25, -0.2) is 4.98 Å². The number of pyridine rings is 1. The number of nitrogen functional groups attached to an aromatic ring is 1. The molecule has 2 atom stereocenters. The molecule has 2 saturated heterocycles. The Morgan fingerprint density at radius 3 is 2.43 bits per heavy atom. The number of nitrogens with zero attached hydrogens (tertiary/aromatic N) is 5. The minimum atomic E-state index is -1.91. The zero-order valence-corrected chi connectivity index (χ0v) is 33.0. The smallest absolute Gasteiger partial charge is 0.546 e. The van der Waals surface area contributed by atoms with Gasteiger partial charge in [-0.2, -0.15) is 0 Å². The van der Waals surface area contributed by atoms with Crippen LogP contribution in [-0.2, 0) is 37.1 Å². The summed E-state index contributed by atoms with van der Waals surface area (Å²) in [6.45, 7) is 6.50. The van der Waals surface area contributed by atoms with Gasteiger partial charge in [0.05, 0.1) is 47.2 Å². The van der Waals surface area contributed by atoms with Crippen molar-refractivity contribution in [2.75, 3.05) is 31.1 Å². The molecule has 2 fully saturated rings. The van der Waals surface area contributed by atoms with Gasteiger partial charge in [-0.1, -0.05) is 5.16 Å². The standard InChI is InChI=1S/C33H37N7O10S2.Na/c1-4-38-11-16(26(43)18-9-21(41)22(42)10-20(18)38)12-40(7-5-6-8-40)13-17-14-51-29-24(28(45)39(29)25(17)30(46)47)36-27(44)23(19-15-52-32(34)35-19)37-50-33(2,3)31(48)49;/h9-11,15,24,29H,4-8,12-14H2,1-3H3,(H6-,34,35,36,37,41,42,43,44,46,47,48,49);/q;+1/p-1/t24-,29-;/m1./s1. The van der Waals surface area contributed by atoms with Crippen LogP contribution in [0.15, 0.2) is 44.9 Å². The van der Waals surface area contributed by atoms with Crippen LogP contribution in [0.5, 0.6) is 11.5 Å². The summed E-state index contributed by atoms with van der Waals surface area (Å²) in [5.41, 5.74) is 4.13. The number of phenolic OH excluding ortho intramolecular Hbond substituents is 2. The van der Waals surface area contributed by atoms with E-state index in [-0.39, 0.29) is 81.5 Å². The molecular formula is C33H36N7NaO10S2. The number of β-lactam (4-membered cyclic amide) rings is 1. The van der Waals surface area contributed by atoms with E-state index in [2.05, 4.69) is 15.5 Å². The normalized spacial score (nSPS) is 19.7. The van der Waals surface area contributed by atoms with E-state index in [9.17, 15) is 44.4 Å². The molecule has 17 nitrogen and oxygen atoms in total. The van der Waals surface area contributed by atoms with Gasteiger partial charge < -0.3 is 55.0 Å². The Morgan fingerprint density at radius 2 is 1.83 bits per heavy atom. The van der Waals surface area contributed by atoms with E-state index in [1.807, 2.05) is 11.5 Å². The maximum absolute atomic E-state index is 13.7. The largest absolute Gasteiger partial charge is 1.00 e. The van der Waals surface area contributed by atoms with Gasteiger partial charge >= 0.3 is 29.6 Å². The Hall–Kier alpha value is -4.14. The zero-order valence-electron chi connectivity index (χ0n) is 29.4. The van der Waals surface area contributed by atoms with Gasteiger partial charge in [-0.15, -0.1) is 23.1 Å². The Morgan fingerprint density at radius 1 is 1.15 bits per heavy atom. The summed E-state index contributed by atoms with van der Waals surface area (Å²) in [7, 11) is 0. The van der Waals surface area contributed by atoms with Crippen LogP contribution in [0.1, 0.15) is 44.9 Å². The maximum Gasteiger partial charge on any atom is 1.00 e. The molecule has 5 N–H and O–H groups in total. The van der Waals surface area contributed by atoms with Crippen molar-refractivity contribution in [3.05, 3.63) is 56.5 Å². The summed E-state index contributed by atoms with van der Waals surface area (Å²) in [5.74, 6) is -5.34. The van der Waals surface area contributed by atoms with Gasteiger partial charge in [0.2, 0.25) is 0 Å². The van der Waals surface area contributed by atoms with E-state index in [0.717, 1.165) is 29.1 Å². The summed E-state index contributed by atoms with van der Waals surface area (Å²) >= 11 is 2.25. The van der Waals surface area contributed by atoms with Gasteiger partial charge in [0, 0.05) is 48.4 Å². The third-order valence-electron chi connectivity index (χ3n) is 9.50. The number of aliphatic carboxylic acids is 2. The first-order chi connectivity index (χ1) is 24.6. The van der Waals surface area contributed by atoms with Gasteiger partial charge in [0.25, 0.3) is 11.8 Å². The predicted molar refractivity (Wildman–Crippen MR) is 185 cm³/mol. The Kier molecular flexibility index (Phi) is 11.6. The second kappa shape index (κ2) is 15.3. The number of rotatable bonds is 12. The van der Waals surface area contributed by atoms with Crippen molar-refractivity contribution in [3.8, 4) is 11.5 Å². The number of quaternary nitrogens is 1. The number of nitrogens with two attached hydrogens (primary N) is 1. The second-order valence-corrected chi connectivity index (χ2v) is 15.4. The molecule has 2 amide bonds. The van der Waals surface area contributed by atoms with E-state index >= 15 is 0 Å². The number of aromatic hydroxyl groups is 2. The van der Waals surface area contributed by atoms with Gasteiger partial charge in [-0.3, -0.25) is 19.3 Å². The minimum Gasteiger partial charge on any atom is -0.546 e. The van der Waals surface area contributed by atoms with E-state index in [0.29, 0.717) is 40.8 Å². The van der Waals surface area contributed by atoms with E-state index in [1.54, 1.807) is 6.20 Å². The fraction of sp³-hybridized carbons (Fsp3) is 0.424. The fourth-order valence-corrected chi connectivity index (χ4v) is 8.68. The molecule has 1 aromatic carbocycles. The molecule has 20 heteroatoms. The number of thioether (sulfide) groups is 1. The van der Waals surface area contributed by atoms with Crippen LogP contribution in [0, 0.1) is 0 Å². The molecule has 6 rings (SSSR count). The number of aryl methyl sites for hydroxylation is 1. The number of amides is 2. The number of hydrogen-bond acceptors (Lipinski definition) is 15. The third kappa shape index (κ3) is 7.63. The number of nitrogens with one attached hydrogen (secondary N) is 1. The Labute approximate surface area is 333 Å². The van der Waals surface area contributed by atoms with Crippen molar-refractivity contribution in [3.63, 3.8) is 0 Å². The molecular weight excluding hydrogens is 742 g/mol. The molecule has 0 spiro atoms. The van der Waals surface area contributed by atoms with E-state index in [1.165, 1.54) is 43.1 Å². The first kappa shape index (κ1) is 40.1. The SMILES string of the molecule is CCn1cc(C[N+]2(CC3=C(C(=O)[O-])N4C(=O)[C@@H](NC(=O)/C(=N\OC(C)(C)C(=O)[O-])c5csc(N)n5)[C@H]4SC3)CCCC2)c(=O)c2cc(O)c(O)cc21.[Na+]. The number of aromatic nitrogens is 2. The van der Waals surface area contributed by atoms with Gasteiger partial charge in [0.1, 0.15) is 30.2 Å². The van der Waals surface area contributed by atoms with Crippen LogP contribution >= 0.6 is 23.1 Å². The van der Waals surface area contributed by atoms with Crippen molar-refractivity contribution in [2.24, 2.45) is 5.16 Å². The molecule has 0 radical (unpaired) electrons. The second-order valence-electron chi connectivity index (χ2n) is 13.4. The number of carboxylic acid groups (broad SMARTS) is 2. The molecule has 53 heavy (non-hydrogen) atoms. The van der Waals surface area contributed by atoms with Gasteiger partial charge in [0.15, 0.2) is 33.4 Å². The third-order valence-corrected chi connectivity index (χ3v) is 11.5. The number of hydrogen-bond donors (Lipinski definition) is 4. The van der Waals surface area contributed by atoms with Crippen molar-refractivity contribution >= 4 is 68.6 Å². The average Bonchev–Trinajstić information content (AvgIpc) is 3.74. The molecule has 5 heterocycles. The van der Waals surface area contributed by atoms with E-state index in [4.69, 9.17) is 10.6 Å². The summed E-state index contributed by atoms with van der Waals surface area (Å²) < 4.78 is 2.17. The molecule has 3 aliphatic rings. The molecule has 0 bridgehead atoms. The molecule has 3 aromatic rings. The minimum absolute atomic E-state index is 0. The van der Waals surface area contributed by atoms with Crippen molar-refractivity contribution in [2.45, 2.75) is 63.7 Å². The summed E-state index contributed by atoms with van der Waals surface area (Å²) in [5, 5.41) is 51.5. The Balaban J connectivity index is 0.00000541. The van der Waals surface area contributed by atoms with E-state index < -0.39 is 52.2 Å². The fourth-order valence-electron chi connectivity index (χ4n) is 6.79. The predicted octanol–water partition coefficient (Wildman–Crippen LogP) is -4.06. The van der Waals surface area contributed by atoms with Crippen LogP contribution in [0.4, 0.5) is 5.13 Å². The van der Waals surface area contributed by atoms with Crippen LogP contribution in [-0.4, -0.2) is 101 Å². The first-order valence-corrected chi connectivity index (χ1v) is 18.3. The average molecular weight is 778 g/mol. The van der Waals surface area contributed by atoms with Crippen LogP contribution in [0.25, 0.3) is 10.9 Å². The van der Waals surface area contributed by atoms with Crippen LogP contribution in [0.3, 0.4) is 0 Å². The number of phenols is 2. The monoisotopic (exact) mass is 777 g/mol. The molecule has 3 aliphatic heterocycles. The number of carbonyl (C=O) groups excluding carboxylic acids is 4. The number of likely N-dealkylation sites (tertiary alicyclic amines) is 1. The summed E-state index contributed by atoms with van der Waals surface area (Å²) in [6, 6.07) is 1.43. The summed E-state index contributed by atoms with van der Waals surface area (Å²) in [6.07, 6.45) is 3.40. The number of thiazole rings is 1. The molecule has 0 unspecified atom stereocenters. The molecule has 276 valence electrons. The molecule has 0 aliphatic carbocycles. The number of benzene rings is 1. The quantitative estimate of drug-likeness (QED) is 0.0342.